The van der Waals surface area contributed by atoms with Crippen molar-refractivity contribution in [2.24, 2.45) is 0 Å². The summed E-state index contributed by atoms with van der Waals surface area (Å²) < 4.78 is 5.05. The molecule has 1 heterocycles. The maximum Gasteiger partial charge on any atom is 0.278 e. The molecule has 0 fully saturated rings. The summed E-state index contributed by atoms with van der Waals surface area (Å²) >= 11 is 0. The maximum absolute atomic E-state index is 13.0. The largest absolute Gasteiger partial charge is 0.385 e. The lowest BCUT2D eigenvalue weighted by atomic mass is 10.0. The van der Waals surface area contributed by atoms with Crippen molar-refractivity contribution >= 4 is 23.1 Å². The molecule has 3 rings (SSSR count). The molecule has 5 heteroatoms. The first-order chi connectivity index (χ1) is 13.0. The van der Waals surface area contributed by atoms with Gasteiger partial charge in [0.15, 0.2) is 0 Å². The first-order valence-electron chi connectivity index (χ1n) is 9.01. The fourth-order valence-corrected chi connectivity index (χ4v) is 3.33. The fourth-order valence-electron chi connectivity index (χ4n) is 3.33. The Kier molecular flexibility index (Phi) is 5.72. The summed E-state index contributed by atoms with van der Waals surface area (Å²) in [5, 5.41) is 3.21. The zero-order chi connectivity index (χ0) is 19.4. The molecule has 0 aromatic heterocycles. The van der Waals surface area contributed by atoms with E-state index in [1.165, 1.54) is 4.90 Å². The van der Waals surface area contributed by atoms with Gasteiger partial charge in [-0.1, -0.05) is 36.4 Å². The predicted octanol–water partition coefficient (Wildman–Crippen LogP) is 3.53. The van der Waals surface area contributed by atoms with Crippen LogP contribution in [0, 0.1) is 13.8 Å². The second kappa shape index (κ2) is 8.18. The molecule has 1 aliphatic rings. The zero-order valence-electron chi connectivity index (χ0n) is 15.9. The van der Waals surface area contributed by atoms with Gasteiger partial charge in [0.1, 0.15) is 5.70 Å². The Morgan fingerprint density at radius 3 is 2.26 bits per heavy atom. The van der Waals surface area contributed by atoms with E-state index in [1.807, 2.05) is 56.3 Å². The van der Waals surface area contributed by atoms with Gasteiger partial charge in [-0.15, -0.1) is 0 Å². The highest BCUT2D eigenvalue weighted by Gasteiger charge is 2.38. The smallest absolute Gasteiger partial charge is 0.278 e. The van der Waals surface area contributed by atoms with Crippen LogP contribution < -0.4 is 5.32 Å². The topological polar surface area (TPSA) is 58.6 Å². The van der Waals surface area contributed by atoms with E-state index in [-0.39, 0.29) is 11.8 Å². The lowest BCUT2D eigenvalue weighted by Crippen LogP contribution is -2.33. The zero-order valence-corrected chi connectivity index (χ0v) is 15.9. The number of carbonyl (C=O) groups is 2. The number of hydrogen-bond donors (Lipinski definition) is 1. The molecule has 0 saturated carbocycles. The summed E-state index contributed by atoms with van der Waals surface area (Å²) in [6.07, 6.45) is 0.604. The Morgan fingerprint density at radius 2 is 1.63 bits per heavy atom. The molecule has 2 amide bonds. The standard InChI is InChI=1S/C22H24N2O3/c1-15-12-16(2)14-18(13-15)23-20-19(17-8-5-4-6-9-17)21(25)24(22(20)26)10-7-11-27-3/h4-6,8-9,12-14,23H,7,10-11H2,1-3H3. The summed E-state index contributed by atoms with van der Waals surface area (Å²) in [5.74, 6) is -0.566. The van der Waals surface area contributed by atoms with Gasteiger partial charge in [-0.05, 0) is 49.1 Å². The monoisotopic (exact) mass is 364 g/mol. The Morgan fingerprint density at radius 1 is 0.963 bits per heavy atom. The van der Waals surface area contributed by atoms with Gasteiger partial charge in [-0.2, -0.15) is 0 Å². The van der Waals surface area contributed by atoms with Gasteiger partial charge < -0.3 is 10.1 Å². The van der Waals surface area contributed by atoms with Crippen LogP contribution in [-0.4, -0.2) is 37.0 Å². The van der Waals surface area contributed by atoms with Crippen LogP contribution in [0.3, 0.4) is 0 Å². The molecule has 27 heavy (non-hydrogen) atoms. The summed E-state index contributed by atoms with van der Waals surface area (Å²) in [7, 11) is 1.61. The number of rotatable bonds is 7. The highest BCUT2D eigenvalue weighted by Crippen LogP contribution is 2.31. The third-order valence-electron chi connectivity index (χ3n) is 4.45. The highest BCUT2D eigenvalue weighted by molar-refractivity contribution is 6.36. The van der Waals surface area contributed by atoms with Crippen LogP contribution in [0.5, 0.6) is 0 Å². The van der Waals surface area contributed by atoms with Crippen LogP contribution >= 0.6 is 0 Å². The molecule has 0 aliphatic carbocycles. The fraction of sp³-hybridized carbons (Fsp3) is 0.273. The van der Waals surface area contributed by atoms with Crippen molar-refractivity contribution in [3.8, 4) is 0 Å². The molecule has 0 saturated heterocycles. The van der Waals surface area contributed by atoms with Crippen LogP contribution in [0.1, 0.15) is 23.1 Å². The van der Waals surface area contributed by atoms with Gasteiger partial charge in [0.25, 0.3) is 11.8 Å². The van der Waals surface area contributed by atoms with E-state index in [0.29, 0.717) is 30.8 Å². The molecule has 1 aliphatic heterocycles. The number of imide groups is 1. The number of carbonyl (C=O) groups excluding carboxylic acids is 2. The van der Waals surface area contributed by atoms with Crippen molar-refractivity contribution in [2.45, 2.75) is 20.3 Å². The number of aryl methyl sites for hydroxylation is 2. The van der Waals surface area contributed by atoms with E-state index >= 15 is 0 Å². The summed E-state index contributed by atoms with van der Waals surface area (Å²) in [6.45, 7) is 4.84. The number of amides is 2. The molecule has 0 spiro atoms. The van der Waals surface area contributed by atoms with E-state index in [0.717, 1.165) is 22.4 Å². The molecule has 2 aromatic carbocycles. The molecular formula is C22H24N2O3. The van der Waals surface area contributed by atoms with E-state index in [1.54, 1.807) is 7.11 Å². The van der Waals surface area contributed by atoms with Crippen molar-refractivity contribution in [3.63, 3.8) is 0 Å². The Labute approximate surface area is 159 Å². The number of anilines is 1. The van der Waals surface area contributed by atoms with Gasteiger partial charge in [-0.3, -0.25) is 14.5 Å². The second-order valence-corrected chi connectivity index (χ2v) is 6.73. The molecule has 0 unspecified atom stereocenters. The van der Waals surface area contributed by atoms with E-state index in [9.17, 15) is 9.59 Å². The van der Waals surface area contributed by atoms with Crippen LogP contribution in [0.25, 0.3) is 5.57 Å². The maximum atomic E-state index is 13.0. The minimum absolute atomic E-state index is 0.269. The van der Waals surface area contributed by atoms with Crippen LogP contribution in [0.15, 0.2) is 54.2 Å². The third-order valence-corrected chi connectivity index (χ3v) is 4.45. The van der Waals surface area contributed by atoms with E-state index in [4.69, 9.17) is 4.74 Å². The molecule has 0 radical (unpaired) electrons. The van der Waals surface area contributed by atoms with Crippen molar-refractivity contribution in [3.05, 3.63) is 70.9 Å². The number of benzene rings is 2. The van der Waals surface area contributed by atoms with Crippen LogP contribution in [-0.2, 0) is 14.3 Å². The highest BCUT2D eigenvalue weighted by atomic mass is 16.5. The van der Waals surface area contributed by atoms with Gasteiger partial charge in [0, 0.05) is 25.9 Å². The normalized spacial score (nSPS) is 14.3. The number of nitrogens with one attached hydrogen (secondary N) is 1. The number of methoxy groups -OCH3 is 1. The lowest BCUT2D eigenvalue weighted by molar-refractivity contribution is -0.136. The van der Waals surface area contributed by atoms with Crippen molar-refractivity contribution < 1.29 is 14.3 Å². The van der Waals surface area contributed by atoms with Gasteiger partial charge in [0.2, 0.25) is 0 Å². The SMILES string of the molecule is COCCCN1C(=O)C(Nc2cc(C)cc(C)c2)=C(c2ccccc2)C1=O. The molecular weight excluding hydrogens is 340 g/mol. The summed E-state index contributed by atoms with van der Waals surface area (Å²) in [4.78, 5) is 27.3. The third kappa shape index (κ3) is 4.09. The Hall–Kier alpha value is -2.92. The lowest BCUT2D eigenvalue weighted by Gasteiger charge is -2.15. The average Bonchev–Trinajstić information content (AvgIpc) is 2.86. The molecule has 0 atom stereocenters. The van der Waals surface area contributed by atoms with Crippen molar-refractivity contribution in [1.29, 1.82) is 0 Å². The van der Waals surface area contributed by atoms with Crippen LogP contribution in [0.2, 0.25) is 0 Å². The van der Waals surface area contributed by atoms with Gasteiger partial charge >= 0.3 is 0 Å². The van der Waals surface area contributed by atoms with Crippen LogP contribution in [0.4, 0.5) is 5.69 Å². The predicted molar refractivity (Wildman–Crippen MR) is 106 cm³/mol. The minimum atomic E-state index is -0.297. The molecule has 5 nitrogen and oxygen atoms in total. The number of nitrogens with zero attached hydrogens (tertiary/aromatic N) is 1. The van der Waals surface area contributed by atoms with Gasteiger partial charge in [0.05, 0.1) is 5.57 Å². The van der Waals surface area contributed by atoms with E-state index < -0.39 is 0 Å². The molecule has 140 valence electrons. The van der Waals surface area contributed by atoms with Crippen molar-refractivity contribution in [2.75, 3.05) is 25.6 Å². The van der Waals surface area contributed by atoms with E-state index in [2.05, 4.69) is 11.4 Å². The number of hydrogen-bond acceptors (Lipinski definition) is 4. The minimum Gasteiger partial charge on any atom is -0.385 e. The second-order valence-electron chi connectivity index (χ2n) is 6.73. The molecule has 0 bridgehead atoms. The summed E-state index contributed by atoms with van der Waals surface area (Å²) in [5.41, 5.74) is 4.46. The first kappa shape index (κ1) is 18.9. The Balaban J connectivity index is 1.99. The molecule has 1 N–H and O–H groups in total. The summed E-state index contributed by atoms with van der Waals surface area (Å²) in [6, 6.07) is 15.3. The molecule has 2 aromatic rings. The average molecular weight is 364 g/mol. The first-order valence-corrected chi connectivity index (χ1v) is 9.01. The quantitative estimate of drug-likeness (QED) is 0.603. The van der Waals surface area contributed by atoms with Crippen molar-refractivity contribution in [1.82, 2.24) is 4.90 Å². The van der Waals surface area contributed by atoms with Gasteiger partial charge in [-0.25, -0.2) is 0 Å². The number of ether oxygens (including phenoxy) is 1. The Bertz CT molecular complexity index is 867.